The number of amides is 1. The van der Waals surface area contributed by atoms with Crippen LogP contribution in [0.3, 0.4) is 0 Å². The van der Waals surface area contributed by atoms with Gasteiger partial charge in [-0.1, -0.05) is 23.7 Å². The van der Waals surface area contributed by atoms with Crippen LogP contribution in [0.1, 0.15) is 26.5 Å². The van der Waals surface area contributed by atoms with Gasteiger partial charge in [-0.3, -0.25) is 4.98 Å². The normalized spacial score (nSPS) is 15.0. The number of hydrogen-bond acceptors (Lipinski definition) is 5. The molecule has 1 aromatic heterocycles. The molecule has 1 amide bonds. The molecule has 3 rings (SSSR count). The Bertz CT molecular complexity index is 810. The van der Waals surface area contributed by atoms with Crippen LogP contribution in [0.25, 0.3) is 11.3 Å². The predicted molar refractivity (Wildman–Crippen MR) is 107 cm³/mol. The fourth-order valence-corrected chi connectivity index (χ4v) is 3.04. The van der Waals surface area contributed by atoms with E-state index in [2.05, 4.69) is 9.88 Å². The maximum atomic E-state index is 12.2. The molecule has 144 valence electrons. The number of carbonyl (C=O) groups excluding carboxylic acids is 1. The lowest BCUT2D eigenvalue weighted by atomic mass is 10.1. The van der Waals surface area contributed by atoms with Crippen LogP contribution in [0.15, 0.2) is 30.5 Å². The molecule has 1 aromatic carbocycles. The van der Waals surface area contributed by atoms with E-state index in [1.165, 1.54) is 0 Å². The van der Waals surface area contributed by atoms with Crippen molar-refractivity contribution in [2.75, 3.05) is 31.1 Å². The molecule has 27 heavy (non-hydrogen) atoms. The Balaban J connectivity index is 1.71. The monoisotopic (exact) mass is 388 g/mol. The molecule has 0 N–H and O–H groups in total. The average molecular weight is 389 g/mol. The first-order valence-electron chi connectivity index (χ1n) is 9.05. The van der Waals surface area contributed by atoms with Gasteiger partial charge < -0.3 is 14.5 Å². The summed E-state index contributed by atoms with van der Waals surface area (Å²) >= 11 is 5.98. The smallest absolute Gasteiger partial charge is 0.410 e. The van der Waals surface area contributed by atoms with E-state index < -0.39 is 5.60 Å². The minimum atomic E-state index is -0.482. The third kappa shape index (κ3) is 4.89. The van der Waals surface area contributed by atoms with Crippen molar-refractivity contribution >= 4 is 23.5 Å². The molecule has 0 aliphatic carbocycles. The molecular weight excluding hydrogens is 364 g/mol. The van der Waals surface area contributed by atoms with E-state index in [-0.39, 0.29) is 6.09 Å². The SMILES string of the molecule is Cc1ncc(N2CCN(C(=O)OC(C)(C)C)CC2)nc1-c1ccc(Cl)cc1. The highest BCUT2D eigenvalue weighted by molar-refractivity contribution is 6.30. The Hall–Kier alpha value is -2.34. The number of halogens is 1. The summed E-state index contributed by atoms with van der Waals surface area (Å²) in [6, 6.07) is 7.60. The topological polar surface area (TPSA) is 58.6 Å². The summed E-state index contributed by atoms with van der Waals surface area (Å²) in [5, 5.41) is 0.693. The number of aryl methyl sites for hydroxylation is 1. The van der Waals surface area contributed by atoms with Gasteiger partial charge >= 0.3 is 6.09 Å². The summed E-state index contributed by atoms with van der Waals surface area (Å²) in [6.07, 6.45) is 1.52. The number of ether oxygens (including phenoxy) is 1. The van der Waals surface area contributed by atoms with E-state index in [4.69, 9.17) is 21.3 Å². The van der Waals surface area contributed by atoms with Crippen molar-refractivity contribution < 1.29 is 9.53 Å². The minimum Gasteiger partial charge on any atom is -0.444 e. The van der Waals surface area contributed by atoms with Crippen LogP contribution in [0.5, 0.6) is 0 Å². The summed E-state index contributed by atoms with van der Waals surface area (Å²) < 4.78 is 5.45. The van der Waals surface area contributed by atoms with Gasteiger partial charge in [0.05, 0.1) is 17.6 Å². The highest BCUT2D eigenvalue weighted by Crippen LogP contribution is 2.25. The van der Waals surface area contributed by atoms with Crippen LogP contribution in [-0.2, 0) is 4.74 Å². The summed E-state index contributed by atoms with van der Waals surface area (Å²) in [5.74, 6) is 0.814. The zero-order chi connectivity index (χ0) is 19.6. The summed E-state index contributed by atoms with van der Waals surface area (Å²) in [5.41, 5.74) is 2.22. The molecule has 2 heterocycles. The van der Waals surface area contributed by atoms with E-state index in [0.29, 0.717) is 31.2 Å². The molecule has 1 fully saturated rings. The number of nitrogens with zero attached hydrogens (tertiary/aromatic N) is 4. The van der Waals surface area contributed by atoms with Gasteiger partial charge in [-0.15, -0.1) is 0 Å². The van der Waals surface area contributed by atoms with Crippen LogP contribution >= 0.6 is 11.6 Å². The van der Waals surface area contributed by atoms with Gasteiger partial charge in [0, 0.05) is 36.8 Å². The Morgan fingerprint density at radius 1 is 1.11 bits per heavy atom. The molecule has 0 radical (unpaired) electrons. The lowest BCUT2D eigenvalue weighted by molar-refractivity contribution is 0.0240. The molecule has 0 spiro atoms. The second-order valence-electron chi connectivity index (χ2n) is 7.62. The summed E-state index contributed by atoms with van der Waals surface area (Å²) in [7, 11) is 0. The zero-order valence-corrected chi connectivity index (χ0v) is 17.0. The summed E-state index contributed by atoms with van der Waals surface area (Å²) in [4.78, 5) is 25.4. The first kappa shape index (κ1) is 19.4. The highest BCUT2D eigenvalue weighted by atomic mass is 35.5. The van der Waals surface area contributed by atoms with Crippen molar-refractivity contribution in [3.8, 4) is 11.3 Å². The maximum absolute atomic E-state index is 12.2. The first-order chi connectivity index (χ1) is 12.7. The van der Waals surface area contributed by atoms with Gasteiger partial charge in [0.1, 0.15) is 11.4 Å². The van der Waals surface area contributed by atoms with Gasteiger partial charge in [0.15, 0.2) is 0 Å². The Labute approximate surface area is 165 Å². The van der Waals surface area contributed by atoms with E-state index in [1.54, 1.807) is 11.1 Å². The Morgan fingerprint density at radius 2 is 1.74 bits per heavy atom. The second-order valence-corrected chi connectivity index (χ2v) is 8.06. The molecule has 2 aromatic rings. The number of aromatic nitrogens is 2. The quantitative estimate of drug-likeness (QED) is 0.773. The Morgan fingerprint density at radius 3 is 2.33 bits per heavy atom. The van der Waals surface area contributed by atoms with Crippen LogP contribution in [0, 0.1) is 6.92 Å². The van der Waals surface area contributed by atoms with Crippen LogP contribution in [0.4, 0.5) is 10.6 Å². The Kier molecular flexibility index (Phi) is 5.56. The molecule has 1 aliphatic heterocycles. The predicted octanol–water partition coefficient (Wildman–Crippen LogP) is 4.16. The number of benzene rings is 1. The summed E-state index contributed by atoms with van der Waals surface area (Å²) in [6.45, 7) is 10.2. The van der Waals surface area contributed by atoms with Crippen molar-refractivity contribution in [1.82, 2.24) is 14.9 Å². The van der Waals surface area contributed by atoms with Gasteiger partial charge in [0.25, 0.3) is 0 Å². The molecular formula is C20H25ClN4O2. The number of carbonyl (C=O) groups is 1. The minimum absolute atomic E-state index is 0.265. The molecule has 6 nitrogen and oxygen atoms in total. The van der Waals surface area contributed by atoms with E-state index >= 15 is 0 Å². The van der Waals surface area contributed by atoms with Crippen molar-refractivity contribution in [3.63, 3.8) is 0 Å². The standard InChI is InChI=1S/C20H25ClN4O2/c1-14-18(15-5-7-16(21)8-6-15)23-17(13-22-14)24-9-11-25(12-10-24)19(26)27-20(2,3)4/h5-8,13H,9-12H2,1-4H3. The third-order valence-electron chi connectivity index (χ3n) is 4.32. The zero-order valence-electron chi connectivity index (χ0n) is 16.2. The number of rotatable bonds is 2. The number of anilines is 1. The van der Waals surface area contributed by atoms with E-state index in [0.717, 1.165) is 22.8 Å². The van der Waals surface area contributed by atoms with Gasteiger partial charge in [-0.25, -0.2) is 9.78 Å². The largest absolute Gasteiger partial charge is 0.444 e. The fourth-order valence-electron chi connectivity index (χ4n) is 2.92. The van der Waals surface area contributed by atoms with Crippen molar-refractivity contribution in [2.45, 2.75) is 33.3 Å². The lowest BCUT2D eigenvalue weighted by Crippen LogP contribution is -2.50. The van der Waals surface area contributed by atoms with Crippen molar-refractivity contribution in [2.24, 2.45) is 0 Å². The fraction of sp³-hybridized carbons (Fsp3) is 0.450. The van der Waals surface area contributed by atoms with Gasteiger partial charge in [0.2, 0.25) is 0 Å². The van der Waals surface area contributed by atoms with Crippen LogP contribution < -0.4 is 4.90 Å². The van der Waals surface area contributed by atoms with Crippen molar-refractivity contribution in [3.05, 3.63) is 41.2 Å². The molecule has 0 saturated carbocycles. The molecule has 1 saturated heterocycles. The molecule has 1 aliphatic rings. The maximum Gasteiger partial charge on any atom is 0.410 e. The average Bonchev–Trinajstić information content (AvgIpc) is 2.62. The van der Waals surface area contributed by atoms with Crippen LogP contribution in [-0.4, -0.2) is 52.7 Å². The third-order valence-corrected chi connectivity index (χ3v) is 4.57. The molecule has 0 unspecified atom stereocenters. The lowest BCUT2D eigenvalue weighted by Gasteiger charge is -2.36. The highest BCUT2D eigenvalue weighted by Gasteiger charge is 2.26. The van der Waals surface area contributed by atoms with Gasteiger partial charge in [-0.05, 0) is 39.8 Å². The van der Waals surface area contributed by atoms with Crippen LogP contribution in [0.2, 0.25) is 5.02 Å². The molecule has 0 atom stereocenters. The van der Waals surface area contributed by atoms with Crippen molar-refractivity contribution in [1.29, 1.82) is 0 Å². The molecule has 0 bridgehead atoms. The second kappa shape index (κ2) is 7.72. The van der Waals surface area contributed by atoms with E-state index in [1.807, 2.05) is 52.0 Å². The molecule has 7 heteroatoms. The number of piperazine rings is 1. The first-order valence-corrected chi connectivity index (χ1v) is 9.43. The van der Waals surface area contributed by atoms with Gasteiger partial charge in [-0.2, -0.15) is 0 Å². The number of hydrogen-bond donors (Lipinski definition) is 0. The van der Waals surface area contributed by atoms with E-state index in [9.17, 15) is 4.79 Å².